The number of Topliss-reactive ketones (excluding diaryl/α,β-unsaturated/α-hetero) is 1. The van der Waals surface area contributed by atoms with Gasteiger partial charge in [0, 0.05) is 41.8 Å². The molecule has 1 amide bonds. The molecule has 2 unspecified atom stereocenters. The molecule has 1 aromatic heterocycles. The first-order valence-electron chi connectivity index (χ1n) is 13.1. The van der Waals surface area contributed by atoms with Crippen LogP contribution in [0.2, 0.25) is 5.02 Å². The van der Waals surface area contributed by atoms with Gasteiger partial charge in [-0.15, -0.1) is 0 Å². The van der Waals surface area contributed by atoms with E-state index in [1.54, 1.807) is 12.4 Å². The van der Waals surface area contributed by atoms with Gasteiger partial charge in [-0.3, -0.25) is 14.6 Å². The molecule has 0 radical (unpaired) electrons. The van der Waals surface area contributed by atoms with Crippen molar-refractivity contribution in [3.05, 3.63) is 64.9 Å². The number of amides is 1. The van der Waals surface area contributed by atoms with Crippen LogP contribution in [0.3, 0.4) is 0 Å². The Morgan fingerprint density at radius 3 is 2.31 bits per heavy atom. The number of benzene rings is 1. The summed E-state index contributed by atoms with van der Waals surface area (Å²) >= 11 is 6.04. The zero-order valence-corrected chi connectivity index (χ0v) is 20.8. The molecule has 3 atom stereocenters. The van der Waals surface area contributed by atoms with Gasteiger partial charge in [-0.2, -0.15) is 0 Å². The summed E-state index contributed by atoms with van der Waals surface area (Å²) in [6, 6.07) is 11.5. The van der Waals surface area contributed by atoms with Crippen LogP contribution in [0.25, 0.3) is 0 Å². The van der Waals surface area contributed by atoms with Crippen LogP contribution in [0, 0.1) is 29.1 Å². The molecule has 35 heavy (non-hydrogen) atoms. The number of halogens is 1. The van der Waals surface area contributed by atoms with Crippen molar-refractivity contribution in [2.24, 2.45) is 34.8 Å². The number of nitrogens with one attached hydrogen (secondary N) is 1. The average Bonchev–Trinajstić information content (AvgIpc) is 3.65. The van der Waals surface area contributed by atoms with E-state index in [1.165, 1.54) is 12.8 Å². The summed E-state index contributed by atoms with van der Waals surface area (Å²) in [5.41, 5.74) is 8.30. The van der Waals surface area contributed by atoms with E-state index in [0.29, 0.717) is 47.4 Å². The highest BCUT2D eigenvalue weighted by atomic mass is 35.5. The van der Waals surface area contributed by atoms with Crippen molar-refractivity contribution < 1.29 is 9.59 Å². The Morgan fingerprint density at radius 2 is 1.69 bits per heavy atom. The van der Waals surface area contributed by atoms with Crippen LogP contribution in [0.1, 0.15) is 56.1 Å². The molecule has 1 heterocycles. The molecule has 3 N–H and O–H groups in total. The Hall–Kier alpha value is -2.24. The van der Waals surface area contributed by atoms with Gasteiger partial charge in [0.15, 0.2) is 0 Å². The van der Waals surface area contributed by atoms with Crippen LogP contribution in [-0.2, 0) is 21.4 Å². The summed E-state index contributed by atoms with van der Waals surface area (Å²) in [5.74, 6) is 2.50. The van der Waals surface area contributed by atoms with Gasteiger partial charge < -0.3 is 11.1 Å². The van der Waals surface area contributed by atoms with E-state index in [2.05, 4.69) is 10.3 Å². The van der Waals surface area contributed by atoms with Crippen LogP contribution >= 0.6 is 11.6 Å². The van der Waals surface area contributed by atoms with Gasteiger partial charge in [-0.05, 0) is 104 Å². The van der Waals surface area contributed by atoms with Crippen LogP contribution in [-0.4, -0.2) is 29.3 Å². The standard InChI is InChI=1S/C29H34ClN3O2/c30-23-3-1-22(2-4-23)29(7-8-29)27(35)33-17-24(31)26-20-11-19-12-21(26)16-28(14-19,15-20)25(34)13-18-5-9-32-10-6-18/h1-6,9-10,19-21,24,26H,7-8,11-17,31H2,(H,33,35)/t19?,20?,21?,24-,26?,28?/m1/s1. The Kier molecular flexibility index (Phi) is 5.76. The zero-order valence-electron chi connectivity index (χ0n) is 20.1. The van der Waals surface area contributed by atoms with Gasteiger partial charge in [-0.1, -0.05) is 23.7 Å². The lowest BCUT2D eigenvalue weighted by Gasteiger charge is -2.60. The van der Waals surface area contributed by atoms with Crippen molar-refractivity contribution in [2.75, 3.05) is 6.54 Å². The first-order valence-corrected chi connectivity index (χ1v) is 13.5. The number of nitrogens with zero attached hydrogens (tertiary/aromatic N) is 1. The first kappa shape index (κ1) is 23.2. The van der Waals surface area contributed by atoms with Crippen molar-refractivity contribution in [3.63, 3.8) is 0 Å². The van der Waals surface area contributed by atoms with E-state index in [-0.39, 0.29) is 17.4 Å². The van der Waals surface area contributed by atoms with Gasteiger partial charge in [0.2, 0.25) is 5.91 Å². The number of hydrogen-bond acceptors (Lipinski definition) is 4. The fourth-order valence-electron chi connectivity index (χ4n) is 8.03. The Bertz CT molecular complexity index is 1100. The SMILES string of the molecule is N[C@H](CNC(=O)C1(c2ccc(Cl)cc2)CC1)C1C2CC3CC1CC(C(=O)Cc1ccncc1)(C3)C2. The maximum absolute atomic E-state index is 13.5. The Morgan fingerprint density at radius 1 is 1.03 bits per heavy atom. The molecule has 0 aliphatic heterocycles. The normalized spacial score (nSPS) is 32.7. The molecule has 5 nitrogen and oxygen atoms in total. The lowest BCUT2D eigenvalue weighted by Crippen LogP contribution is -2.59. The molecule has 7 rings (SSSR count). The number of nitrogens with two attached hydrogens (primary N) is 1. The third-order valence-corrected chi connectivity index (χ3v) is 9.88. The van der Waals surface area contributed by atoms with Crippen molar-refractivity contribution in [3.8, 4) is 0 Å². The zero-order chi connectivity index (χ0) is 24.2. The van der Waals surface area contributed by atoms with Gasteiger partial charge in [-0.25, -0.2) is 0 Å². The molecule has 2 aromatic rings. The minimum Gasteiger partial charge on any atom is -0.354 e. The monoisotopic (exact) mass is 491 g/mol. The minimum atomic E-state index is -0.419. The van der Waals surface area contributed by atoms with Crippen LogP contribution < -0.4 is 11.1 Å². The smallest absolute Gasteiger partial charge is 0.230 e. The Labute approximate surface area is 212 Å². The number of carbonyl (C=O) groups excluding carboxylic acids is 2. The fraction of sp³-hybridized carbons (Fsp3) is 0.552. The van der Waals surface area contributed by atoms with Gasteiger partial charge in [0.05, 0.1) is 5.41 Å². The second kappa shape index (κ2) is 8.70. The average molecular weight is 492 g/mol. The summed E-state index contributed by atoms with van der Waals surface area (Å²) in [7, 11) is 0. The molecule has 1 aromatic carbocycles. The van der Waals surface area contributed by atoms with E-state index in [9.17, 15) is 9.59 Å². The molecule has 6 heteroatoms. The molecule has 5 aliphatic rings. The molecule has 0 spiro atoms. The molecule has 0 saturated heterocycles. The second-order valence-electron chi connectivity index (χ2n) is 11.7. The number of pyridine rings is 1. The molecule has 5 aliphatic carbocycles. The van der Waals surface area contributed by atoms with Crippen LogP contribution in [0.15, 0.2) is 48.8 Å². The lowest BCUT2D eigenvalue weighted by atomic mass is 9.44. The third kappa shape index (κ3) is 4.11. The van der Waals surface area contributed by atoms with Crippen molar-refractivity contribution in [2.45, 2.75) is 62.8 Å². The molecular weight excluding hydrogens is 458 g/mol. The topological polar surface area (TPSA) is 85.1 Å². The summed E-state index contributed by atoms with van der Waals surface area (Å²) in [4.78, 5) is 30.8. The second-order valence-corrected chi connectivity index (χ2v) is 12.2. The molecule has 184 valence electrons. The largest absolute Gasteiger partial charge is 0.354 e. The number of rotatable bonds is 8. The highest BCUT2D eigenvalue weighted by molar-refractivity contribution is 6.30. The first-order chi connectivity index (χ1) is 16.9. The Balaban J connectivity index is 1.10. The van der Waals surface area contributed by atoms with E-state index < -0.39 is 5.41 Å². The number of hydrogen-bond donors (Lipinski definition) is 2. The van der Waals surface area contributed by atoms with Crippen molar-refractivity contribution >= 4 is 23.3 Å². The molecular formula is C29H34ClN3O2. The van der Waals surface area contributed by atoms with Crippen LogP contribution in [0.4, 0.5) is 0 Å². The van der Waals surface area contributed by atoms with Gasteiger partial charge >= 0.3 is 0 Å². The van der Waals surface area contributed by atoms with E-state index in [1.807, 2.05) is 36.4 Å². The summed E-state index contributed by atoms with van der Waals surface area (Å²) < 4.78 is 0. The van der Waals surface area contributed by atoms with Gasteiger partial charge in [0.25, 0.3) is 0 Å². The summed E-state index contributed by atoms with van der Waals surface area (Å²) in [6.07, 6.45) is 11.1. The third-order valence-electron chi connectivity index (χ3n) is 9.63. The molecule has 5 fully saturated rings. The number of carbonyl (C=O) groups is 2. The maximum Gasteiger partial charge on any atom is 0.230 e. The van der Waals surface area contributed by atoms with Crippen LogP contribution in [0.5, 0.6) is 0 Å². The lowest BCUT2D eigenvalue weighted by molar-refractivity contribution is -0.151. The van der Waals surface area contributed by atoms with Crippen molar-refractivity contribution in [1.82, 2.24) is 10.3 Å². The van der Waals surface area contributed by atoms with Crippen molar-refractivity contribution in [1.29, 1.82) is 0 Å². The van der Waals surface area contributed by atoms with E-state index in [0.717, 1.165) is 43.2 Å². The fourth-order valence-corrected chi connectivity index (χ4v) is 8.16. The predicted molar refractivity (Wildman–Crippen MR) is 136 cm³/mol. The summed E-state index contributed by atoms with van der Waals surface area (Å²) in [5, 5.41) is 3.89. The maximum atomic E-state index is 13.5. The number of aromatic nitrogens is 1. The molecule has 4 bridgehead atoms. The predicted octanol–water partition coefficient (Wildman–Crippen LogP) is 4.46. The van der Waals surface area contributed by atoms with E-state index >= 15 is 0 Å². The summed E-state index contributed by atoms with van der Waals surface area (Å²) in [6.45, 7) is 0.508. The number of ketones is 1. The highest BCUT2D eigenvalue weighted by Crippen LogP contribution is 2.63. The highest BCUT2D eigenvalue weighted by Gasteiger charge is 2.59. The molecule has 5 saturated carbocycles. The minimum absolute atomic E-state index is 0.0673. The quantitative estimate of drug-likeness (QED) is 0.570. The van der Waals surface area contributed by atoms with Gasteiger partial charge in [0.1, 0.15) is 5.78 Å². The van der Waals surface area contributed by atoms with E-state index in [4.69, 9.17) is 17.3 Å².